The molecule has 3 aromatic rings. The topological polar surface area (TPSA) is 50.9 Å². The van der Waals surface area contributed by atoms with Crippen LogP contribution in [0, 0.1) is 0 Å². The number of hydrogen-bond acceptors (Lipinski definition) is 3. The average Bonchev–Trinajstić information content (AvgIpc) is 3.16. The minimum Gasteiger partial charge on any atom is -0.505 e. The fraction of sp³-hybridized carbons (Fsp3) is 0.440. The Bertz CT molecular complexity index is 938. The first-order valence-corrected chi connectivity index (χ1v) is 10.6. The summed E-state index contributed by atoms with van der Waals surface area (Å²) in [4.78, 5) is 1.59. The van der Waals surface area contributed by atoms with Crippen LogP contribution in [0.25, 0.3) is 5.69 Å². The van der Waals surface area contributed by atoms with Crippen LogP contribution in [0.4, 0.5) is 0 Å². The molecule has 4 heteroatoms. The second-order valence-corrected chi connectivity index (χ2v) is 8.96. The predicted molar refractivity (Wildman–Crippen MR) is 119 cm³/mol. The first kappa shape index (κ1) is 21.1. The molecule has 0 spiro atoms. The minimum absolute atomic E-state index is 0.0175. The van der Waals surface area contributed by atoms with Crippen molar-refractivity contribution in [3.05, 3.63) is 71.0 Å². The Labute approximate surface area is 174 Å². The van der Waals surface area contributed by atoms with Gasteiger partial charge in [0.25, 0.3) is 0 Å². The van der Waals surface area contributed by atoms with Crippen LogP contribution >= 0.6 is 0 Å². The van der Waals surface area contributed by atoms with Gasteiger partial charge in [-0.1, -0.05) is 71.0 Å². The molecule has 0 amide bonds. The predicted octanol–water partition coefficient (Wildman–Crippen LogP) is 5.96. The zero-order valence-corrected chi connectivity index (χ0v) is 18.3. The van der Waals surface area contributed by atoms with Crippen molar-refractivity contribution in [2.45, 2.75) is 71.6 Å². The van der Waals surface area contributed by atoms with Crippen molar-refractivity contribution in [1.82, 2.24) is 15.0 Å². The Morgan fingerprint density at radius 2 is 1.79 bits per heavy atom. The van der Waals surface area contributed by atoms with Crippen LogP contribution in [0.5, 0.6) is 5.75 Å². The van der Waals surface area contributed by atoms with E-state index < -0.39 is 0 Å². The summed E-state index contributed by atoms with van der Waals surface area (Å²) in [6, 6.07) is 14.7. The number of benzene rings is 2. The van der Waals surface area contributed by atoms with E-state index in [2.05, 4.69) is 75.1 Å². The molecule has 29 heavy (non-hydrogen) atoms. The van der Waals surface area contributed by atoms with Crippen molar-refractivity contribution in [2.24, 2.45) is 0 Å². The Balaban J connectivity index is 1.84. The number of phenols is 1. The molecular weight excluding hydrogens is 358 g/mol. The monoisotopic (exact) mass is 391 g/mol. The SMILES string of the molecule is CCC(C)c1cc(C(C)(C)C)cc(-n2ncc(CCCc3ccccc3)n2)c1O. The number of aryl methyl sites for hydroxylation is 2. The molecule has 1 aromatic heterocycles. The normalized spacial score (nSPS) is 12.9. The van der Waals surface area contributed by atoms with E-state index in [0.717, 1.165) is 36.9 Å². The largest absolute Gasteiger partial charge is 0.505 e. The van der Waals surface area contributed by atoms with Crippen molar-refractivity contribution in [3.8, 4) is 11.4 Å². The standard InChI is InChI=1S/C25H33N3O/c1-6-18(2)22-15-20(25(3,4)5)16-23(24(22)29)28-26-17-21(27-28)14-10-13-19-11-8-7-9-12-19/h7-9,11-12,15-18,29H,6,10,13-14H2,1-5H3. The second kappa shape index (κ2) is 8.81. The Morgan fingerprint density at radius 3 is 2.45 bits per heavy atom. The minimum atomic E-state index is -0.0175. The van der Waals surface area contributed by atoms with Gasteiger partial charge in [0, 0.05) is 0 Å². The summed E-state index contributed by atoms with van der Waals surface area (Å²) < 4.78 is 0. The molecule has 1 atom stereocenters. The van der Waals surface area contributed by atoms with Gasteiger partial charge in [-0.25, -0.2) is 0 Å². The number of rotatable bonds is 7. The molecule has 0 saturated carbocycles. The lowest BCUT2D eigenvalue weighted by atomic mass is 9.83. The highest BCUT2D eigenvalue weighted by atomic mass is 16.3. The fourth-order valence-corrected chi connectivity index (χ4v) is 3.47. The Kier molecular flexibility index (Phi) is 6.41. The number of hydrogen-bond donors (Lipinski definition) is 1. The van der Waals surface area contributed by atoms with Gasteiger partial charge in [-0.15, -0.1) is 4.80 Å². The lowest BCUT2D eigenvalue weighted by Gasteiger charge is -2.23. The van der Waals surface area contributed by atoms with Gasteiger partial charge in [-0.05, 0) is 59.8 Å². The van der Waals surface area contributed by atoms with Crippen LogP contribution in [0.3, 0.4) is 0 Å². The summed E-state index contributed by atoms with van der Waals surface area (Å²) in [6.45, 7) is 10.9. The number of nitrogens with zero attached hydrogens (tertiary/aromatic N) is 3. The van der Waals surface area contributed by atoms with Gasteiger partial charge in [0.1, 0.15) is 11.4 Å². The molecule has 1 N–H and O–H groups in total. The maximum atomic E-state index is 11.0. The van der Waals surface area contributed by atoms with Crippen molar-refractivity contribution in [3.63, 3.8) is 0 Å². The van der Waals surface area contributed by atoms with Crippen LogP contribution in [-0.4, -0.2) is 20.1 Å². The molecule has 2 aromatic carbocycles. The summed E-state index contributed by atoms with van der Waals surface area (Å²) in [6.07, 6.45) is 5.70. The van der Waals surface area contributed by atoms with Crippen molar-refractivity contribution < 1.29 is 5.11 Å². The third-order valence-electron chi connectivity index (χ3n) is 5.62. The number of phenolic OH excluding ortho intramolecular Hbond substituents is 1. The van der Waals surface area contributed by atoms with E-state index in [1.54, 1.807) is 4.80 Å². The number of aromatic nitrogens is 3. The average molecular weight is 392 g/mol. The highest BCUT2D eigenvalue weighted by molar-refractivity contribution is 5.55. The van der Waals surface area contributed by atoms with E-state index >= 15 is 0 Å². The molecule has 0 aliphatic carbocycles. The quantitative estimate of drug-likeness (QED) is 0.541. The van der Waals surface area contributed by atoms with E-state index in [-0.39, 0.29) is 11.3 Å². The summed E-state index contributed by atoms with van der Waals surface area (Å²) in [5.74, 6) is 0.566. The van der Waals surface area contributed by atoms with Crippen LogP contribution in [0.2, 0.25) is 0 Å². The molecule has 3 rings (SSSR count). The van der Waals surface area contributed by atoms with Gasteiger partial charge in [-0.2, -0.15) is 10.2 Å². The lowest BCUT2D eigenvalue weighted by molar-refractivity contribution is 0.452. The zero-order valence-electron chi connectivity index (χ0n) is 18.3. The van der Waals surface area contributed by atoms with Crippen molar-refractivity contribution in [2.75, 3.05) is 0 Å². The molecule has 154 valence electrons. The van der Waals surface area contributed by atoms with Gasteiger partial charge in [0.05, 0.1) is 11.9 Å². The molecule has 0 aliphatic rings. The fourth-order valence-electron chi connectivity index (χ4n) is 3.47. The molecule has 4 nitrogen and oxygen atoms in total. The third-order valence-corrected chi connectivity index (χ3v) is 5.62. The van der Waals surface area contributed by atoms with E-state index in [1.807, 2.05) is 18.3 Å². The molecule has 1 heterocycles. The highest BCUT2D eigenvalue weighted by Gasteiger charge is 2.22. The molecule has 0 fully saturated rings. The van der Waals surface area contributed by atoms with Gasteiger partial charge in [0.2, 0.25) is 0 Å². The molecule has 0 saturated heterocycles. The summed E-state index contributed by atoms with van der Waals surface area (Å²) in [5.41, 5.74) is 5.10. The first-order valence-electron chi connectivity index (χ1n) is 10.6. The van der Waals surface area contributed by atoms with Crippen molar-refractivity contribution in [1.29, 1.82) is 0 Å². The Morgan fingerprint density at radius 1 is 1.07 bits per heavy atom. The van der Waals surface area contributed by atoms with Gasteiger partial charge in [0.15, 0.2) is 0 Å². The Hall–Kier alpha value is -2.62. The maximum absolute atomic E-state index is 11.0. The van der Waals surface area contributed by atoms with E-state index in [1.165, 1.54) is 11.1 Å². The molecular formula is C25H33N3O. The summed E-state index contributed by atoms with van der Waals surface area (Å²) in [5, 5.41) is 20.1. The maximum Gasteiger partial charge on any atom is 0.146 e. The van der Waals surface area contributed by atoms with Crippen LogP contribution in [-0.2, 0) is 18.3 Å². The molecule has 1 unspecified atom stereocenters. The van der Waals surface area contributed by atoms with Gasteiger partial charge >= 0.3 is 0 Å². The number of aromatic hydroxyl groups is 1. The summed E-state index contributed by atoms with van der Waals surface area (Å²) >= 11 is 0. The van der Waals surface area contributed by atoms with Crippen LogP contribution in [0.1, 0.15) is 75.8 Å². The molecule has 0 radical (unpaired) electrons. The van der Waals surface area contributed by atoms with E-state index in [0.29, 0.717) is 11.4 Å². The zero-order chi connectivity index (χ0) is 21.0. The lowest BCUT2D eigenvalue weighted by Crippen LogP contribution is -2.14. The van der Waals surface area contributed by atoms with E-state index in [9.17, 15) is 5.11 Å². The highest BCUT2D eigenvalue weighted by Crippen LogP contribution is 2.37. The van der Waals surface area contributed by atoms with Crippen LogP contribution in [0.15, 0.2) is 48.7 Å². The molecule has 0 bridgehead atoms. The van der Waals surface area contributed by atoms with E-state index in [4.69, 9.17) is 0 Å². The second-order valence-electron chi connectivity index (χ2n) is 8.96. The van der Waals surface area contributed by atoms with Gasteiger partial charge < -0.3 is 5.11 Å². The third kappa shape index (κ3) is 5.06. The van der Waals surface area contributed by atoms with Crippen molar-refractivity contribution >= 4 is 0 Å². The smallest absolute Gasteiger partial charge is 0.146 e. The van der Waals surface area contributed by atoms with Gasteiger partial charge in [-0.3, -0.25) is 0 Å². The summed E-state index contributed by atoms with van der Waals surface area (Å²) in [7, 11) is 0. The first-order chi connectivity index (χ1) is 13.8. The van der Waals surface area contributed by atoms with Crippen LogP contribution < -0.4 is 0 Å². The molecule has 0 aliphatic heterocycles.